The fourth-order valence-corrected chi connectivity index (χ4v) is 2.04. The van der Waals surface area contributed by atoms with Crippen LogP contribution in [0, 0.1) is 11.6 Å². The molecule has 0 heterocycles. The zero-order valence-corrected chi connectivity index (χ0v) is 11.4. The molecule has 8 heteroatoms. The van der Waals surface area contributed by atoms with Crippen LogP contribution in [0.25, 0.3) is 0 Å². The van der Waals surface area contributed by atoms with Crippen molar-refractivity contribution >= 4 is 22.7 Å². The summed E-state index contributed by atoms with van der Waals surface area (Å²) < 4.78 is 36.9. The zero-order valence-electron chi connectivity index (χ0n) is 10.6. The number of carboxylic acid groups (broad SMARTS) is 1. The van der Waals surface area contributed by atoms with Gasteiger partial charge in [0.15, 0.2) is 11.6 Å². The molecule has 0 saturated carbocycles. The van der Waals surface area contributed by atoms with Gasteiger partial charge in [-0.2, -0.15) is 0 Å². The predicted molar refractivity (Wildman–Crippen MR) is 69.2 cm³/mol. The number of carboxylic acids is 1. The lowest BCUT2D eigenvalue weighted by Gasteiger charge is -2.08. The first kappa shape index (κ1) is 16.2. The van der Waals surface area contributed by atoms with Gasteiger partial charge in [0.05, 0.1) is 11.1 Å². The van der Waals surface area contributed by atoms with E-state index in [2.05, 4.69) is 5.32 Å². The van der Waals surface area contributed by atoms with Gasteiger partial charge in [-0.05, 0) is 18.6 Å². The van der Waals surface area contributed by atoms with E-state index in [1.165, 1.54) is 6.26 Å². The summed E-state index contributed by atoms with van der Waals surface area (Å²) in [7, 11) is -0.998. The first-order valence-electron chi connectivity index (χ1n) is 5.63. The molecule has 0 spiro atoms. The zero-order chi connectivity index (χ0) is 15.3. The van der Waals surface area contributed by atoms with Crippen LogP contribution in [0.5, 0.6) is 0 Å². The second-order valence-corrected chi connectivity index (χ2v) is 5.56. The molecular weight excluding hydrogens is 292 g/mol. The van der Waals surface area contributed by atoms with E-state index in [0.717, 1.165) is 0 Å². The van der Waals surface area contributed by atoms with Crippen LogP contribution in [-0.4, -0.2) is 39.7 Å². The number of rotatable bonds is 6. The second-order valence-electron chi connectivity index (χ2n) is 4.00. The SMILES string of the molecule is CS(=O)CCCNC(=O)c1cc(F)c(F)cc1C(=O)O. The molecule has 2 N–H and O–H groups in total. The molecule has 0 aliphatic carbocycles. The Hall–Kier alpha value is -1.83. The van der Waals surface area contributed by atoms with Crippen LogP contribution in [-0.2, 0) is 10.8 Å². The maximum absolute atomic E-state index is 13.1. The maximum atomic E-state index is 13.1. The van der Waals surface area contributed by atoms with Crippen molar-refractivity contribution < 1.29 is 27.7 Å². The molecule has 0 bridgehead atoms. The van der Waals surface area contributed by atoms with Crippen LogP contribution in [0.2, 0.25) is 0 Å². The van der Waals surface area contributed by atoms with Gasteiger partial charge in [0, 0.05) is 29.4 Å². The summed E-state index contributed by atoms with van der Waals surface area (Å²) in [5, 5.41) is 11.2. The quantitative estimate of drug-likeness (QED) is 0.773. The van der Waals surface area contributed by atoms with Gasteiger partial charge in [-0.1, -0.05) is 0 Å². The fourth-order valence-electron chi connectivity index (χ4n) is 1.48. The lowest BCUT2D eigenvalue weighted by Crippen LogP contribution is -2.27. The average Bonchev–Trinajstić information content (AvgIpc) is 2.36. The molecule has 0 saturated heterocycles. The summed E-state index contributed by atoms with van der Waals surface area (Å²) in [6, 6.07) is 1.01. The van der Waals surface area contributed by atoms with E-state index in [0.29, 0.717) is 24.3 Å². The van der Waals surface area contributed by atoms with E-state index in [1.54, 1.807) is 0 Å². The lowest BCUT2D eigenvalue weighted by molar-refractivity contribution is 0.0690. The molecule has 1 aromatic rings. The van der Waals surface area contributed by atoms with Crippen molar-refractivity contribution in [1.29, 1.82) is 0 Å². The molecule has 1 amide bonds. The summed E-state index contributed by atoms with van der Waals surface area (Å²) >= 11 is 0. The highest BCUT2D eigenvalue weighted by atomic mass is 32.2. The van der Waals surface area contributed by atoms with Gasteiger partial charge in [0.2, 0.25) is 0 Å². The van der Waals surface area contributed by atoms with E-state index >= 15 is 0 Å². The normalized spacial score (nSPS) is 11.9. The van der Waals surface area contributed by atoms with Crippen molar-refractivity contribution in [2.24, 2.45) is 0 Å². The Kier molecular flexibility index (Phi) is 5.75. The summed E-state index contributed by atoms with van der Waals surface area (Å²) in [5.41, 5.74) is -1.06. The maximum Gasteiger partial charge on any atom is 0.336 e. The Morgan fingerprint density at radius 2 is 1.80 bits per heavy atom. The minimum atomic E-state index is -1.52. The summed E-state index contributed by atoms with van der Waals surface area (Å²) in [5.74, 6) is -4.59. The van der Waals surface area contributed by atoms with Gasteiger partial charge in [-0.15, -0.1) is 0 Å². The Morgan fingerprint density at radius 3 is 2.30 bits per heavy atom. The standard InChI is InChI=1S/C12H13F2NO4S/c1-20(19)4-2-3-15-11(16)7-5-9(13)10(14)6-8(7)12(17)18/h5-6H,2-4H2,1H3,(H,15,16)(H,17,18). The number of halogens is 2. The highest BCUT2D eigenvalue weighted by Crippen LogP contribution is 2.15. The van der Waals surface area contributed by atoms with Crippen LogP contribution in [0.15, 0.2) is 12.1 Å². The molecule has 110 valence electrons. The molecule has 0 aromatic heterocycles. The third-order valence-electron chi connectivity index (χ3n) is 2.43. The first-order chi connectivity index (χ1) is 9.32. The smallest absolute Gasteiger partial charge is 0.336 e. The highest BCUT2D eigenvalue weighted by Gasteiger charge is 2.20. The molecule has 20 heavy (non-hydrogen) atoms. The first-order valence-corrected chi connectivity index (χ1v) is 7.36. The van der Waals surface area contributed by atoms with Crippen LogP contribution in [0.3, 0.4) is 0 Å². The molecule has 5 nitrogen and oxygen atoms in total. The number of benzene rings is 1. The Balaban J connectivity index is 2.84. The van der Waals surface area contributed by atoms with Crippen LogP contribution in [0.4, 0.5) is 8.78 Å². The van der Waals surface area contributed by atoms with Gasteiger partial charge < -0.3 is 10.4 Å². The second kappa shape index (κ2) is 7.09. The van der Waals surface area contributed by atoms with Crippen molar-refractivity contribution in [2.45, 2.75) is 6.42 Å². The Bertz CT molecular complexity index is 563. The van der Waals surface area contributed by atoms with Gasteiger partial charge in [-0.25, -0.2) is 13.6 Å². The minimum Gasteiger partial charge on any atom is -0.478 e. The number of nitrogens with one attached hydrogen (secondary N) is 1. The van der Waals surface area contributed by atoms with E-state index < -0.39 is 45.4 Å². The Morgan fingerprint density at radius 1 is 1.25 bits per heavy atom. The molecule has 1 rings (SSSR count). The number of hydrogen-bond donors (Lipinski definition) is 2. The van der Waals surface area contributed by atoms with Crippen molar-refractivity contribution in [3.63, 3.8) is 0 Å². The molecule has 1 aromatic carbocycles. The van der Waals surface area contributed by atoms with Crippen molar-refractivity contribution in [3.05, 3.63) is 34.9 Å². The largest absolute Gasteiger partial charge is 0.478 e. The van der Waals surface area contributed by atoms with Gasteiger partial charge in [-0.3, -0.25) is 9.00 Å². The highest BCUT2D eigenvalue weighted by molar-refractivity contribution is 7.84. The van der Waals surface area contributed by atoms with Gasteiger partial charge in [0.1, 0.15) is 0 Å². The molecule has 0 fully saturated rings. The third kappa shape index (κ3) is 4.37. The van der Waals surface area contributed by atoms with E-state index in [4.69, 9.17) is 5.11 Å². The Labute approximate surface area is 116 Å². The summed E-state index contributed by atoms with van der Waals surface area (Å²) in [6.07, 6.45) is 1.95. The minimum absolute atomic E-state index is 0.163. The number of amides is 1. The van der Waals surface area contributed by atoms with Crippen molar-refractivity contribution in [3.8, 4) is 0 Å². The molecular formula is C12H13F2NO4S. The van der Waals surface area contributed by atoms with Gasteiger partial charge in [0.25, 0.3) is 5.91 Å². The van der Waals surface area contributed by atoms with E-state index in [-0.39, 0.29) is 6.54 Å². The molecule has 0 radical (unpaired) electrons. The number of hydrogen-bond acceptors (Lipinski definition) is 3. The van der Waals surface area contributed by atoms with Crippen LogP contribution in [0.1, 0.15) is 27.1 Å². The number of carbonyl (C=O) groups excluding carboxylic acids is 1. The summed E-state index contributed by atoms with van der Waals surface area (Å²) in [4.78, 5) is 22.6. The van der Waals surface area contributed by atoms with Crippen LogP contribution >= 0.6 is 0 Å². The van der Waals surface area contributed by atoms with E-state index in [1.807, 2.05) is 0 Å². The topological polar surface area (TPSA) is 83.5 Å². The van der Waals surface area contributed by atoms with Crippen molar-refractivity contribution in [2.75, 3.05) is 18.6 Å². The molecule has 1 atom stereocenters. The van der Waals surface area contributed by atoms with Gasteiger partial charge >= 0.3 is 5.97 Å². The monoisotopic (exact) mass is 305 g/mol. The van der Waals surface area contributed by atoms with Crippen LogP contribution < -0.4 is 5.32 Å². The lowest BCUT2D eigenvalue weighted by atomic mass is 10.1. The van der Waals surface area contributed by atoms with E-state index in [9.17, 15) is 22.6 Å². The molecule has 0 aliphatic rings. The predicted octanol–water partition coefficient (Wildman–Crippen LogP) is 1.16. The number of aromatic carboxylic acids is 1. The van der Waals surface area contributed by atoms with Crippen molar-refractivity contribution in [1.82, 2.24) is 5.32 Å². The summed E-state index contributed by atoms with van der Waals surface area (Å²) in [6.45, 7) is 0.163. The fraction of sp³-hybridized carbons (Fsp3) is 0.333. The molecule has 0 aliphatic heterocycles. The molecule has 1 unspecified atom stereocenters. The average molecular weight is 305 g/mol. The third-order valence-corrected chi connectivity index (χ3v) is 3.29. The number of carbonyl (C=O) groups is 2.